The highest BCUT2D eigenvalue weighted by Crippen LogP contribution is 2.22. The lowest BCUT2D eigenvalue weighted by Crippen LogP contribution is -2.26. The van der Waals surface area contributed by atoms with Gasteiger partial charge in [-0.3, -0.25) is 0 Å². The minimum atomic E-state index is 0.458. The number of nitrogens with one attached hydrogen (secondary N) is 1. The SMILES string of the molecule is COCCNCC1CCC(N)C1. The van der Waals surface area contributed by atoms with Gasteiger partial charge in [-0.15, -0.1) is 0 Å². The molecule has 1 aliphatic rings. The van der Waals surface area contributed by atoms with E-state index in [-0.39, 0.29) is 0 Å². The third-order valence-electron chi connectivity index (χ3n) is 2.50. The normalized spacial score (nSPS) is 29.5. The monoisotopic (exact) mass is 172 g/mol. The quantitative estimate of drug-likeness (QED) is 0.588. The van der Waals surface area contributed by atoms with Crippen molar-refractivity contribution in [1.29, 1.82) is 0 Å². The van der Waals surface area contributed by atoms with Gasteiger partial charge >= 0.3 is 0 Å². The van der Waals surface area contributed by atoms with E-state index in [0.29, 0.717) is 6.04 Å². The molecule has 0 saturated heterocycles. The van der Waals surface area contributed by atoms with Crippen molar-refractivity contribution >= 4 is 0 Å². The van der Waals surface area contributed by atoms with Gasteiger partial charge in [0, 0.05) is 19.7 Å². The van der Waals surface area contributed by atoms with E-state index < -0.39 is 0 Å². The fourth-order valence-corrected chi connectivity index (χ4v) is 1.78. The molecule has 0 aromatic carbocycles. The van der Waals surface area contributed by atoms with E-state index in [2.05, 4.69) is 5.32 Å². The zero-order valence-corrected chi connectivity index (χ0v) is 7.88. The second-order valence-electron chi connectivity index (χ2n) is 3.64. The van der Waals surface area contributed by atoms with E-state index in [4.69, 9.17) is 10.5 Å². The minimum Gasteiger partial charge on any atom is -0.383 e. The molecule has 0 spiro atoms. The summed E-state index contributed by atoms with van der Waals surface area (Å²) in [5.74, 6) is 0.803. The van der Waals surface area contributed by atoms with Gasteiger partial charge in [-0.1, -0.05) is 0 Å². The molecule has 2 unspecified atom stereocenters. The van der Waals surface area contributed by atoms with Gasteiger partial charge in [-0.05, 0) is 31.7 Å². The molecule has 0 amide bonds. The van der Waals surface area contributed by atoms with Gasteiger partial charge in [0.25, 0.3) is 0 Å². The molecule has 1 rings (SSSR count). The van der Waals surface area contributed by atoms with Gasteiger partial charge in [0.2, 0.25) is 0 Å². The summed E-state index contributed by atoms with van der Waals surface area (Å²) in [4.78, 5) is 0. The van der Waals surface area contributed by atoms with Gasteiger partial charge in [-0.2, -0.15) is 0 Å². The van der Waals surface area contributed by atoms with E-state index in [1.165, 1.54) is 19.3 Å². The average Bonchev–Trinajstić information content (AvgIpc) is 2.45. The van der Waals surface area contributed by atoms with E-state index in [0.717, 1.165) is 25.6 Å². The summed E-state index contributed by atoms with van der Waals surface area (Å²) in [5, 5.41) is 3.37. The average molecular weight is 172 g/mol. The summed E-state index contributed by atoms with van der Waals surface area (Å²) >= 11 is 0. The topological polar surface area (TPSA) is 47.3 Å². The summed E-state index contributed by atoms with van der Waals surface area (Å²) < 4.78 is 4.94. The third kappa shape index (κ3) is 3.52. The Bertz CT molecular complexity index is 119. The van der Waals surface area contributed by atoms with Crippen molar-refractivity contribution in [3.05, 3.63) is 0 Å². The Hall–Kier alpha value is -0.120. The van der Waals surface area contributed by atoms with Crippen molar-refractivity contribution in [3.63, 3.8) is 0 Å². The summed E-state index contributed by atoms with van der Waals surface area (Å²) in [6.45, 7) is 2.87. The standard InChI is InChI=1S/C9H20N2O/c1-12-5-4-11-7-8-2-3-9(10)6-8/h8-9,11H,2-7,10H2,1H3. The number of nitrogens with two attached hydrogens (primary N) is 1. The lowest BCUT2D eigenvalue weighted by molar-refractivity contribution is 0.198. The number of hydrogen-bond donors (Lipinski definition) is 2. The molecule has 0 aromatic heterocycles. The second-order valence-corrected chi connectivity index (χ2v) is 3.64. The number of ether oxygens (including phenoxy) is 1. The van der Waals surface area contributed by atoms with Crippen LogP contribution in [0.4, 0.5) is 0 Å². The van der Waals surface area contributed by atoms with E-state index in [1.807, 2.05) is 0 Å². The third-order valence-corrected chi connectivity index (χ3v) is 2.50. The molecular formula is C9H20N2O. The van der Waals surface area contributed by atoms with Crippen molar-refractivity contribution in [2.75, 3.05) is 26.8 Å². The molecule has 3 nitrogen and oxygen atoms in total. The van der Waals surface area contributed by atoms with Crippen LogP contribution in [0.3, 0.4) is 0 Å². The molecule has 3 N–H and O–H groups in total. The molecule has 1 saturated carbocycles. The molecule has 2 atom stereocenters. The van der Waals surface area contributed by atoms with Crippen LogP contribution in [0.1, 0.15) is 19.3 Å². The Morgan fingerprint density at radius 3 is 2.92 bits per heavy atom. The number of hydrogen-bond acceptors (Lipinski definition) is 3. The van der Waals surface area contributed by atoms with Crippen LogP contribution in [0, 0.1) is 5.92 Å². The predicted molar refractivity (Wildman–Crippen MR) is 50.1 cm³/mol. The van der Waals surface area contributed by atoms with E-state index in [9.17, 15) is 0 Å². The molecule has 1 fully saturated rings. The van der Waals surface area contributed by atoms with Crippen molar-refractivity contribution in [1.82, 2.24) is 5.32 Å². The van der Waals surface area contributed by atoms with Crippen LogP contribution in [0.25, 0.3) is 0 Å². The van der Waals surface area contributed by atoms with Crippen molar-refractivity contribution in [3.8, 4) is 0 Å². The van der Waals surface area contributed by atoms with Crippen LogP contribution < -0.4 is 11.1 Å². The predicted octanol–water partition coefficient (Wildman–Crippen LogP) is 0.350. The molecule has 0 bridgehead atoms. The zero-order valence-electron chi connectivity index (χ0n) is 7.88. The lowest BCUT2D eigenvalue weighted by atomic mass is 10.1. The first kappa shape index (κ1) is 9.96. The first-order valence-corrected chi connectivity index (χ1v) is 4.78. The first-order chi connectivity index (χ1) is 5.83. The highest BCUT2D eigenvalue weighted by Gasteiger charge is 2.20. The zero-order chi connectivity index (χ0) is 8.81. The van der Waals surface area contributed by atoms with Crippen molar-refractivity contribution < 1.29 is 4.74 Å². The van der Waals surface area contributed by atoms with Crippen LogP contribution in [0.15, 0.2) is 0 Å². The molecule has 0 radical (unpaired) electrons. The highest BCUT2D eigenvalue weighted by molar-refractivity contribution is 4.78. The number of rotatable bonds is 5. The molecule has 12 heavy (non-hydrogen) atoms. The maximum absolute atomic E-state index is 5.80. The maximum atomic E-state index is 5.80. The summed E-state index contributed by atoms with van der Waals surface area (Å²) in [7, 11) is 1.73. The Morgan fingerprint density at radius 1 is 1.50 bits per heavy atom. The summed E-state index contributed by atoms with van der Waals surface area (Å²) in [6, 6.07) is 0.458. The minimum absolute atomic E-state index is 0.458. The second kappa shape index (κ2) is 5.51. The molecule has 0 aliphatic heterocycles. The first-order valence-electron chi connectivity index (χ1n) is 4.78. The van der Waals surface area contributed by atoms with Crippen LogP contribution in [-0.2, 0) is 4.74 Å². The van der Waals surface area contributed by atoms with Crippen LogP contribution in [-0.4, -0.2) is 32.8 Å². The van der Waals surface area contributed by atoms with Crippen LogP contribution in [0.2, 0.25) is 0 Å². The fourth-order valence-electron chi connectivity index (χ4n) is 1.78. The maximum Gasteiger partial charge on any atom is 0.0587 e. The van der Waals surface area contributed by atoms with Crippen molar-refractivity contribution in [2.45, 2.75) is 25.3 Å². The molecular weight excluding hydrogens is 152 g/mol. The summed E-state index contributed by atoms with van der Waals surface area (Å²) in [5.41, 5.74) is 5.80. The molecule has 0 heterocycles. The largest absolute Gasteiger partial charge is 0.383 e. The molecule has 72 valence electrons. The van der Waals surface area contributed by atoms with Crippen LogP contribution >= 0.6 is 0 Å². The lowest BCUT2D eigenvalue weighted by Gasteiger charge is -2.10. The summed E-state index contributed by atoms with van der Waals surface area (Å²) in [6.07, 6.45) is 3.69. The molecule has 1 aliphatic carbocycles. The van der Waals surface area contributed by atoms with Gasteiger partial charge in [0.15, 0.2) is 0 Å². The Morgan fingerprint density at radius 2 is 2.33 bits per heavy atom. The van der Waals surface area contributed by atoms with Gasteiger partial charge < -0.3 is 15.8 Å². The Kier molecular flexibility index (Phi) is 4.58. The highest BCUT2D eigenvalue weighted by atomic mass is 16.5. The van der Waals surface area contributed by atoms with Gasteiger partial charge in [0.05, 0.1) is 6.61 Å². The smallest absolute Gasteiger partial charge is 0.0587 e. The van der Waals surface area contributed by atoms with Gasteiger partial charge in [-0.25, -0.2) is 0 Å². The Labute approximate surface area is 74.7 Å². The van der Waals surface area contributed by atoms with E-state index in [1.54, 1.807) is 7.11 Å². The van der Waals surface area contributed by atoms with E-state index >= 15 is 0 Å². The fraction of sp³-hybridized carbons (Fsp3) is 1.00. The van der Waals surface area contributed by atoms with Gasteiger partial charge in [0.1, 0.15) is 0 Å². The van der Waals surface area contributed by atoms with Crippen molar-refractivity contribution in [2.24, 2.45) is 11.7 Å². The molecule has 0 aromatic rings. The molecule has 3 heteroatoms. The number of methoxy groups -OCH3 is 1. The van der Waals surface area contributed by atoms with Crippen LogP contribution in [0.5, 0.6) is 0 Å². The Balaban J connectivity index is 1.93.